The van der Waals surface area contributed by atoms with E-state index in [-0.39, 0.29) is 0 Å². The van der Waals surface area contributed by atoms with Gasteiger partial charge in [-0.05, 0) is 0 Å². The highest BCUT2D eigenvalue weighted by Crippen LogP contribution is 2.41. The van der Waals surface area contributed by atoms with Crippen LogP contribution in [0.2, 0.25) is 0 Å². The number of hydrogen-bond donors (Lipinski definition) is 0. The largest absolute Gasteiger partial charge is 0.493 e. The molecule has 9 nitrogen and oxygen atoms in total. The predicted octanol–water partition coefficient (Wildman–Crippen LogP) is 3.21. The summed E-state index contributed by atoms with van der Waals surface area (Å²) in [6.07, 6.45) is 0. The Labute approximate surface area is 182 Å². The Morgan fingerprint density at radius 2 is 0.774 bits per heavy atom. The lowest BCUT2D eigenvalue weighted by Gasteiger charge is -2.15. The highest BCUT2D eigenvalue weighted by atomic mass is 16.6. The van der Waals surface area contributed by atoms with Gasteiger partial charge in [0.15, 0.2) is 23.0 Å². The quantitative estimate of drug-likeness (QED) is 0.413. The first-order valence-electron chi connectivity index (χ1n) is 9.55. The third-order valence-electron chi connectivity index (χ3n) is 4.27. The SMILES string of the molecule is COc1cc(OCCOCCOc2cc(OC)c(OC)c(OC)c2)cc(OC)c1OC. The molecule has 0 spiro atoms. The van der Waals surface area contributed by atoms with Crippen LogP contribution < -0.4 is 37.9 Å². The molecule has 0 heterocycles. The van der Waals surface area contributed by atoms with Crippen molar-refractivity contribution < 1.29 is 42.6 Å². The molecule has 2 aromatic carbocycles. The van der Waals surface area contributed by atoms with Gasteiger partial charge in [-0.1, -0.05) is 0 Å². The smallest absolute Gasteiger partial charge is 0.203 e. The van der Waals surface area contributed by atoms with Crippen molar-refractivity contribution in [3.63, 3.8) is 0 Å². The van der Waals surface area contributed by atoms with Crippen LogP contribution in [-0.4, -0.2) is 69.1 Å². The molecule has 9 heteroatoms. The van der Waals surface area contributed by atoms with E-state index in [4.69, 9.17) is 42.6 Å². The molecule has 0 amide bonds. The maximum Gasteiger partial charge on any atom is 0.203 e. The molecule has 2 rings (SSSR count). The van der Waals surface area contributed by atoms with Crippen molar-refractivity contribution in [1.29, 1.82) is 0 Å². The van der Waals surface area contributed by atoms with Crippen molar-refractivity contribution >= 4 is 0 Å². The molecule has 0 N–H and O–H groups in total. The molecular formula is C22H30O9. The molecule has 0 saturated carbocycles. The maximum atomic E-state index is 5.71. The fraction of sp³-hybridized carbons (Fsp3) is 0.455. The Hall–Kier alpha value is -3.20. The zero-order valence-electron chi connectivity index (χ0n) is 18.8. The number of hydrogen-bond acceptors (Lipinski definition) is 9. The molecule has 0 aliphatic heterocycles. The van der Waals surface area contributed by atoms with Crippen LogP contribution in [0.5, 0.6) is 46.0 Å². The van der Waals surface area contributed by atoms with E-state index in [1.54, 1.807) is 66.9 Å². The van der Waals surface area contributed by atoms with E-state index in [9.17, 15) is 0 Å². The second-order valence-corrected chi connectivity index (χ2v) is 6.03. The standard InChI is InChI=1S/C22H30O9/c1-23-17-11-15(12-18(24-2)21(17)27-5)30-9-7-29-8-10-31-16-13-19(25-3)22(28-6)20(14-16)26-4/h11-14H,7-10H2,1-6H3. The first kappa shape index (κ1) is 24.1. The number of methoxy groups -OCH3 is 6. The topological polar surface area (TPSA) is 83.1 Å². The van der Waals surface area contributed by atoms with Gasteiger partial charge in [0, 0.05) is 24.3 Å². The summed E-state index contributed by atoms with van der Waals surface area (Å²) < 4.78 is 48.8. The van der Waals surface area contributed by atoms with E-state index in [1.807, 2.05) is 0 Å². The summed E-state index contributed by atoms with van der Waals surface area (Å²) in [5.74, 6) is 4.30. The average Bonchev–Trinajstić information content (AvgIpc) is 2.81. The molecule has 0 bridgehead atoms. The Bertz CT molecular complexity index is 705. The highest BCUT2D eigenvalue weighted by Gasteiger charge is 2.15. The van der Waals surface area contributed by atoms with Crippen LogP contribution in [0.1, 0.15) is 0 Å². The van der Waals surface area contributed by atoms with Gasteiger partial charge in [0.2, 0.25) is 11.5 Å². The van der Waals surface area contributed by atoms with Gasteiger partial charge in [-0.2, -0.15) is 0 Å². The van der Waals surface area contributed by atoms with Gasteiger partial charge < -0.3 is 42.6 Å². The molecule has 0 atom stereocenters. The lowest BCUT2D eigenvalue weighted by atomic mass is 10.2. The molecular weight excluding hydrogens is 408 g/mol. The van der Waals surface area contributed by atoms with Gasteiger partial charge >= 0.3 is 0 Å². The average molecular weight is 438 g/mol. The van der Waals surface area contributed by atoms with Crippen LogP contribution in [0.3, 0.4) is 0 Å². The minimum atomic E-state index is 0.350. The lowest BCUT2D eigenvalue weighted by molar-refractivity contribution is 0.0761. The molecule has 172 valence electrons. The van der Waals surface area contributed by atoms with Crippen LogP contribution in [0.15, 0.2) is 24.3 Å². The number of ether oxygens (including phenoxy) is 9. The van der Waals surface area contributed by atoms with Gasteiger partial charge in [0.1, 0.15) is 24.7 Å². The van der Waals surface area contributed by atoms with E-state index < -0.39 is 0 Å². The van der Waals surface area contributed by atoms with Gasteiger partial charge in [-0.15, -0.1) is 0 Å². The van der Waals surface area contributed by atoms with Crippen molar-refractivity contribution in [3.8, 4) is 46.0 Å². The van der Waals surface area contributed by atoms with Crippen LogP contribution in [-0.2, 0) is 4.74 Å². The first-order chi connectivity index (χ1) is 15.1. The van der Waals surface area contributed by atoms with Crippen LogP contribution in [0.4, 0.5) is 0 Å². The minimum Gasteiger partial charge on any atom is -0.493 e. The summed E-state index contributed by atoms with van der Waals surface area (Å²) in [4.78, 5) is 0. The summed E-state index contributed by atoms with van der Waals surface area (Å²) in [6, 6.07) is 6.92. The normalized spacial score (nSPS) is 10.3. The van der Waals surface area contributed by atoms with Crippen LogP contribution in [0, 0.1) is 0 Å². The summed E-state index contributed by atoms with van der Waals surface area (Å²) in [6.45, 7) is 1.47. The molecule has 0 aliphatic carbocycles. The molecule has 2 aromatic rings. The third kappa shape index (κ3) is 6.39. The fourth-order valence-corrected chi connectivity index (χ4v) is 2.82. The van der Waals surface area contributed by atoms with Crippen molar-refractivity contribution in [2.45, 2.75) is 0 Å². The number of rotatable bonds is 14. The van der Waals surface area contributed by atoms with Gasteiger partial charge in [-0.25, -0.2) is 0 Å². The Morgan fingerprint density at radius 3 is 1.03 bits per heavy atom. The first-order valence-corrected chi connectivity index (χ1v) is 9.55. The lowest BCUT2D eigenvalue weighted by Crippen LogP contribution is -2.12. The van der Waals surface area contributed by atoms with Crippen LogP contribution in [0.25, 0.3) is 0 Å². The van der Waals surface area contributed by atoms with Gasteiger partial charge in [0.05, 0.1) is 55.9 Å². The second kappa shape index (κ2) is 12.5. The van der Waals surface area contributed by atoms with Gasteiger partial charge in [0.25, 0.3) is 0 Å². The molecule has 0 saturated heterocycles. The van der Waals surface area contributed by atoms with Crippen molar-refractivity contribution in [1.82, 2.24) is 0 Å². The zero-order valence-corrected chi connectivity index (χ0v) is 18.8. The summed E-state index contributed by atoms with van der Waals surface area (Å²) in [5, 5.41) is 0. The van der Waals surface area contributed by atoms with E-state index in [2.05, 4.69) is 0 Å². The monoisotopic (exact) mass is 438 g/mol. The number of benzene rings is 2. The molecule has 0 aromatic heterocycles. The van der Waals surface area contributed by atoms with Crippen LogP contribution >= 0.6 is 0 Å². The molecule has 31 heavy (non-hydrogen) atoms. The molecule has 0 aliphatic rings. The van der Waals surface area contributed by atoms with Crippen molar-refractivity contribution in [2.75, 3.05) is 69.1 Å². The molecule has 0 fully saturated rings. The van der Waals surface area contributed by atoms with Gasteiger partial charge in [-0.3, -0.25) is 0 Å². The maximum absolute atomic E-state index is 5.71. The Balaban J connectivity index is 1.78. The second-order valence-electron chi connectivity index (χ2n) is 6.03. The fourth-order valence-electron chi connectivity index (χ4n) is 2.82. The van der Waals surface area contributed by atoms with E-state index in [1.165, 1.54) is 0 Å². The Morgan fingerprint density at radius 1 is 0.452 bits per heavy atom. The molecule has 0 unspecified atom stereocenters. The Kier molecular flexibility index (Phi) is 9.70. The minimum absolute atomic E-state index is 0.350. The third-order valence-corrected chi connectivity index (χ3v) is 4.27. The van der Waals surface area contributed by atoms with E-state index in [0.29, 0.717) is 72.4 Å². The molecule has 0 radical (unpaired) electrons. The van der Waals surface area contributed by atoms with Crippen molar-refractivity contribution in [2.24, 2.45) is 0 Å². The van der Waals surface area contributed by atoms with E-state index >= 15 is 0 Å². The summed E-state index contributed by atoms with van der Waals surface area (Å²) in [7, 11) is 9.32. The zero-order chi connectivity index (χ0) is 22.6. The summed E-state index contributed by atoms with van der Waals surface area (Å²) >= 11 is 0. The van der Waals surface area contributed by atoms with Crippen molar-refractivity contribution in [3.05, 3.63) is 24.3 Å². The summed E-state index contributed by atoms with van der Waals surface area (Å²) in [5.41, 5.74) is 0. The highest BCUT2D eigenvalue weighted by molar-refractivity contribution is 5.56. The predicted molar refractivity (Wildman–Crippen MR) is 114 cm³/mol. The van der Waals surface area contributed by atoms with E-state index in [0.717, 1.165) is 0 Å².